The number of para-hydroxylation sites is 2. The first-order chi connectivity index (χ1) is 20.0. The molecule has 0 atom stereocenters. The minimum atomic E-state index is -0.769. The zero-order valence-electron chi connectivity index (χ0n) is 22.0. The van der Waals surface area contributed by atoms with Crippen LogP contribution in [0.1, 0.15) is 5.69 Å². The zero-order valence-corrected chi connectivity index (χ0v) is 22.8. The summed E-state index contributed by atoms with van der Waals surface area (Å²) in [6.07, 6.45) is 0. The summed E-state index contributed by atoms with van der Waals surface area (Å²) in [7, 11) is 1.78. The van der Waals surface area contributed by atoms with Crippen LogP contribution < -0.4 is 16.3 Å². The van der Waals surface area contributed by atoms with E-state index >= 15 is 0 Å². The van der Waals surface area contributed by atoms with E-state index in [-0.39, 0.29) is 16.4 Å². The van der Waals surface area contributed by atoms with Crippen molar-refractivity contribution in [2.24, 2.45) is 22.4 Å². The molecule has 0 bridgehead atoms. The first kappa shape index (κ1) is 26.9. The number of nitriles is 1. The Balaban J connectivity index is 1.54. The van der Waals surface area contributed by atoms with Gasteiger partial charge in [-0.3, -0.25) is 25.0 Å². The van der Waals surface area contributed by atoms with Gasteiger partial charge in [-0.25, -0.2) is 9.67 Å². The maximum absolute atomic E-state index is 13.7. The number of thiazole rings is 1. The Labute approximate surface area is 238 Å². The van der Waals surface area contributed by atoms with E-state index in [1.54, 1.807) is 54.2 Å². The van der Waals surface area contributed by atoms with E-state index in [1.165, 1.54) is 4.68 Å². The maximum atomic E-state index is 13.7. The number of nitrogens with one attached hydrogen (secondary N) is 2. The summed E-state index contributed by atoms with van der Waals surface area (Å²) in [6, 6.07) is 29.1. The fourth-order valence-corrected chi connectivity index (χ4v) is 4.74. The van der Waals surface area contributed by atoms with Crippen molar-refractivity contribution in [2.75, 3.05) is 10.7 Å². The van der Waals surface area contributed by atoms with Gasteiger partial charge >= 0.3 is 0 Å². The monoisotopic (exact) mass is 561 g/mol. The largest absolute Gasteiger partial charge is 0.296 e. The summed E-state index contributed by atoms with van der Waals surface area (Å²) in [4.78, 5) is 31.2. The van der Waals surface area contributed by atoms with E-state index in [0.717, 1.165) is 11.3 Å². The summed E-state index contributed by atoms with van der Waals surface area (Å²) < 4.78 is 3.27. The number of nitrogens with zero attached hydrogens (tertiary/aromatic N) is 7. The lowest BCUT2D eigenvalue weighted by molar-refractivity contribution is -0.110. The van der Waals surface area contributed by atoms with Crippen LogP contribution in [0.25, 0.3) is 16.9 Å². The molecule has 0 aliphatic rings. The highest BCUT2D eigenvalue weighted by atomic mass is 32.1. The number of carbonyl (C=O) groups is 1. The van der Waals surface area contributed by atoms with Crippen LogP contribution in [0.2, 0.25) is 0 Å². The molecule has 202 valence electrons. The number of benzene rings is 3. The smallest absolute Gasteiger partial charge is 0.288 e. The van der Waals surface area contributed by atoms with Crippen LogP contribution in [-0.2, 0) is 11.8 Å². The molecule has 0 saturated carbocycles. The quantitative estimate of drug-likeness (QED) is 0.137. The molecule has 1 amide bonds. The Bertz CT molecular complexity index is 1850. The van der Waals surface area contributed by atoms with Gasteiger partial charge < -0.3 is 0 Å². The topological polar surface area (TPSA) is 142 Å². The van der Waals surface area contributed by atoms with Crippen molar-refractivity contribution in [1.29, 1.82) is 5.26 Å². The summed E-state index contributed by atoms with van der Waals surface area (Å²) in [6.45, 7) is 1.81. The van der Waals surface area contributed by atoms with Crippen molar-refractivity contribution >= 4 is 44.5 Å². The van der Waals surface area contributed by atoms with E-state index in [0.29, 0.717) is 33.3 Å². The van der Waals surface area contributed by atoms with Crippen molar-refractivity contribution in [3.8, 4) is 23.0 Å². The van der Waals surface area contributed by atoms with Gasteiger partial charge in [0.05, 0.1) is 22.6 Å². The van der Waals surface area contributed by atoms with Crippen molar-refractivity contribution < 1.29 is 4.79 Å². The Hall–Kier alpha value is -5.67. The third-order valence-electron chi connectivity index (χ3n) is 6.02. The molecule has 0 spiro atoms. The molecule has 41 heavy (non-hydrogen) atoms. The maximum Gasteiger partial charge on any atom is 0.288 e. The third-order valence-corrected chi connectivity index (χ3v) is 6.88. The molecule has 11 nitrogen and oxygen atoms in total. The molecule has 12 heteroatoms. The summed E-state index contributed by atoms with van der Waals surface area (Å²) in [5.74, 6) is -0.769. The normalized spacial score (nSPS) is 11.4. The predicted octanol–water partition coefficient (Wildman–Crippen LogP) is 5.95. The number of amides is 1. The zero-order chi connectivity index (χ0) is 28.8. The molecule has 5 aromatic rings. The molecule has 2 N–H and O–H groups in total. The number of hydrazone groups is 1. The van der Waals surface area contributed by atoms with Crippen LogP contribution in [0, 0.1) is 18.3 Å². The van der Waals surface area contributed by atoms with Crippen LogP contribution in [0.5, 0.6) is 0 Å². The second-order valence-electron chi connectivity index (χ2n) is 8.65. The van der Waals surface area contributed by atoms with Crippen LogP contribution >= 0.6 is 11.3 Å². The van der Waals surface area contributed by atoms with Crippen molar-refractivity contribution in [2.45, 2.75) is 6.92 Å². The second-order valence-corrected chi connectivity index (χ2v) is 9.63. The molecular weight excluding hydrogens is 538 g/mol. The molecule has 2 heterocycles. The molecule has 3 aromatic carbocycles. The lowest BCUT2D eigenvalue weighted by Gasteiger charge is -2.07. The van der Waals surface area contributed by atoms with Crippen molar-refractivity contribution in [1.82, 2.24) is 14.3 Å². The molecular formula is C29H23N9O2S. The van der Waals surface area contributed by atoms with Crippen LogP contribution in [0.4, 0.5) is 21.5 Å². The Morgan fingerprint density at radius 1 is 0.951 bits per heavy atom. The van der Waals surface area contributed by atoms with Gasteiger partial charge in [-0.2, -0.15) is 10.4 Å². The lowest BCUT2D eigenvalue weighted by atomic mass is 10.2. The van der Waals surface area contributed by atoms with E-state index in [4.69, 9.17) is 0 Å². The van der Waals surface area contributed by atoms with Gasteiger partial charge in [0.15, 0.2) is 10.1 Å². The van der Waals surface area contributed by atoms with Crippen LogP contribution in [0.15, 0.2) is 111 Å². The van der Waals surface area contributed by atoms with Crippen LogP contribution in [0.3, 0.4) is 0 Å². The number of azo groups is 1. The molecule has 5 rings (SSSR count). The molecule has 0 aliphatic heterocycles. The number of hydrogen-bond donors (Lipinski definition) is 2. The van der Waals surface area contributed by atoms with Gasteiger partial charge in [0.1, 0.15) is 11.8 Å². The molecule has 0 saturated heterocycles. The molecule has 0 aliphatic carbocycles. The standard InChI is InChI=1S/C29H23N9O2S/c1-19-24(28(40)38(37(19)2)22-16-10-5-11-17-22)25-27(36-34-21-14-8-4-9-15-21)41-29(31-25)32-26(39)23(18-30)35-33-20-12-6-3-7-13-20/h3-17,33H,1-2H3,(H,31,32,39)/b35-23-,36-34?. The highest BCUT2D eigenvalue weighted by Gasteiger charge is 2.25. The van der Waals surface area contributed by atoms with Gasteiger partial charge in [0.25, 0.3) is 11.5 Å². The van der Waals surface area contributed by atoms with E-state index in [1.807, 2.05) is 61.5 Å². The molecule has 0 fully saturated rings. The number of carbonyl (C=O) groups excluding carboxylic acids is 1. The SMILES string of the molecule is Cc1c(-c2nc(NC(=O)/C(C#N)=N\Nc3ccccc3)sc2N=Nc2ccccc2)c(=O)n(-c2ccccc2)n1C. The summed E-state index contributed by atoms with van der Waals surface area (Å²) in [5.41, 5.74) is 5.11. The predicted molar refractivity (Wildman–Crippen MR) is 159 cm³/mol. The first-order valence-electron chi connectivity index (χ1n) is 12.4. The Kier molecular flexibility index (Phi) is 7.89. The van der Waals surface area contributed by atoms with Crippen molar-refractivity contribution in [3.05, 3.63) is 107 Å². The lowest BCUT2D eigenvalue weighted by Crippen LogP contribution is -2.22. The van der Waals surface area contributed by atoms with Gasteiger partial charge in [-0.1, -0.05) is 65.9 Å². The van der Waals surface area contributed by atoms with E-state index in [2.05, 4.69) is 31.1 Å². The summed E-state index contributed by atoms with van der Waals surface area (Å²) >= 11 is 1.03. The average molecular weight is 562 g/mol. The molecule has 0 radical (unpaired) electrons. The van der Waals surface area contributed by atoms with Crippen molar-refractivity contribution in [3.63, 3.8) is 0 Å². The van der Waals surface area contributed by atoms with Gasteiger partial charge in [0, 0.05) is 12.7 Å². The second kappa shape index (κ2) is 12.0. The average Bonchev–Trinajstić information content (AvgIpc) is 3.49. The number of aromatic nitrogens is 3. The Morgan fingerprint density at radius 2 is 1.59 bits per heavy atom. The van der Waals surface area contributed by atoms with E-state index in [9.17, 15) is 14.9 Å². The Morgan fingerprint density at radius 3 is 2.24 bits per heavy atom. The highest BCUT2D eigenvalue weighted by Crippen LogP contribution is 2.39. The van der Waals surface area contributed by atoms with Gasteiger partial charge in [-0.05, 0) is 43.3 Å². The number of hydrogen-bond acceptors (Lipinski definition) is 9. The van der Waals surface area contributed by atoms with Gasteiger partial charge in [0.2, 0.25) is 5.71 Å². The fraction of sp³-hybridized carbons (Fsp3) is 0.0690. The third kappa shape index (κ3) is 5.85. The first-order valence-corrected chi connectivity index (χ1v) is 13.2. The van der Waals surface area contributed by atoms with Gasteiger partial charge in [-0.15, -0.1) is 10.2 Å². The van der Waals surface area contributed by atoms with E-state index < -0.39 is 11.6 Å². The fourth-order valence-electron chi connectivity index (χ4n) is 3.95. The number of rotatable bonds is 8. The highest BCUT2D eigenvalue weighted by molar-refractivity contribution is 7.20. The number of anilines is 2. The minimum Gasteiger partial charge on any atom is -0.296 e. The molecule has 2 aromatic heterocycles. The minimum absolute atomic E-state index is 0.128. The molecule has 0 unspecified atom stereocenters. The van der Waals surface area contributed by atoms with Crippen LogP contribution in [-0.4, -0.2) is 26.0 Å². The summed E-state index contributed by atoms with van der Waals surface area (Å²) in [5, 5.41) is 25.2.